The first-order chi connectivity index (χ1) is 6.22. The molecular weight excluding hydrogens is 164 g/mol. The van der Waals surface area contributed by atoms with Gasteiger partial charge in [0.15, 0.2) is 0 Å². The van der Waals surface area contributed by atoms with Crippen molar-refractivity contribution in [3.63, 3.8) is 0 Å². The molecule has 0 aliphatic carbocycles. The lowest BCUT2D eigenvalue weighted by Gasteiger charge is -2.07. The summed E-state index contributed by atoms with van der Waals surface area (Å²) in [5.74, 6) is 0.715. The van der Waals surface area contributed by atoms with Crippen molar-refractivity contribution in [2.45, 2.75) is 26.4 Å². The highest BCUT2D eigenvalue weighted by molar-refractivity contribution is 5.38. The topological polar surface area (TPSA) is 34.1 Å². The van der Waals surface area contributed by atoms with E-state index in [2.05, 4.69) is 24.1 Å². The van der Waals surface area contributed by atoms with Gasteiger partial charge in [0.05, 0.1) is 12.8 Å². The van der Waals surface area contributed by atoms with Crippen LogP contribution in [-0.2, 0) is 6.54 Å². The molecule has 2 heterocycles. The van der Waals surface area contributed by atoms with Gasteiger partial charge < -0.3 is 10.1 Å². The van der Waals surface area contributed by atoms with Gasteiger partial charge in [0.1, 0.15) is 0 Å². The molecular formula is C10H14N2O. The molecule has 0 saturated carbocycles. The maximum atomic E-state index is 5.13. The Kier molecular flexibility index (Phi) is 1.96. The monoisotopic (exact) mass is 178 g/mol. The molecule has 0 fully saturated rings. The van der Waals surface area contributed by atoms with Crippen LogP contribution in [0.3, 0.4) is 0 Å². The minimum Gasteiger partial charge on any atom is -0.481 e. The van der Waals surface area contributed by atoms with E-state index in [9.17, 15) is 0 Å². The zero-order valence-electron chi connectivity index (χ0n) is 8.22. The highest BCUT2D eigenvalue weighted by Crippen LogP contribution is 2.28. The van der Waals surface area contributed by atoms with Crippen molar-refractivity contribution in [3.05, 3.63) is 22.9 Å². The predicted molar refractivity (Wildman–Crippen MR) is 50.8 cm³/mol. The Hall–Kier alpha value is -1.09. The van der Waals surface area contributed by atoms with E-state index in [1.807, 2.05) is 6.07 Å². The summed E-state index contributed by atoms with van der Waals surface area (Å²) in [4.78, 5) is 4.43. The van der Waals surface area contributed by atoms with Gasteiger partial charge in [0.2, 0.25) is 5.88 Å². The number of rotatable bonds is 1. The van der Waals surface area contributed by atoms with Crippen molar-refractivity contribution >= 4 is 0 Å². The second kappa shape index (κ2) is 3.00. The number of fused-ring (bicyclic) bond motifs is 1. The average Bonchev–Trinajstić information content (AvgIpc) is 2.48. The highest BCUT2D eigenvalue weighted by Gasteiger charge is 2.21. The van der Waals surface area contributed by atoms with Crippen LogP contribution < -0.4 is 10.1 Å². The maximum Gasteiger partial charge on any atom is 0.213 e. The van der Waals surface area contributed by atoms with Gasteiger partial charge in [0, 0.05) is 18.7 Å². The van der Waals surface area contributed by atoms with Crippen LogP contribution in [0.4, 0.5) is 0 Å². The molecule has 70 valence electrons. The summed E-state index contributed by atoms with van der Waals surface area (Å²) in [6, 6.07) is 2.34. The fourth-order valence-electron chi connectivity index (χ4n) is 1.74. The number of nitrogens with one attached hydrogen (secondary N) is 1. The number of pyridine rings is 1. The third-order valence-electron chi connectivity index (χ3n) is 2.56. The van der Waals surface area contributed by atoms with Gasteiger partial charge >= 0.3 is 0 Å². The summed E-state index contributed by atoms with van der Waals surface area (Å²) in [5, 5.41) is 3.36. The first-order valence-electron chi connectivity index (χ1n) is 4.50. The van der Waals surface area contributed by atoms with Crippen molar-refractivity contribution in [1.82, 2.24) is 10.3 Å². The van der Waals surface area contributed by atoms with Crippen molar-refractivity contribution in [2.75, 3.05) is 7.11 Å². The quantitative estimate of drug-likeness (QED) is 0.708. The zero-order chi connectivity index (χ0) is 9.42. The van der Waals surface area contributed by atoms with Gasteiger partial charge in [-0.05, 0) is 25.0 Å². The lowest BCUT2D eigenvalue weighted by molar-refractivity contribution is 0.395. The number of aryl methyl sites for hydroxylation is 1. The maximum absolute atomic E-state index is 5.13. The number of nitrogens with zero attached hydrogens (tertiary/aromatic N) is 1. The molecule has 1 unspecified atom stereocenters. The molecule has 1 N–H and O–H groups in total. The predicted octanol–water partition coefficient (Wildman–Crippen LogP) is 1.56. The van der Waals surface area contributed by atoms with Crippen LogP contribution in [0.2, 0.25) is 0 Å². The summed E-state index contributed by atoms with van der Waals surface area (Å²) in [5.41, 5.74) is 3.73. The van der Waals surface area contributed by atoms with E-state index in [1.165, 1.54) is 11.1 Å². The lowest BCUT2D eigenvalue weighted by Crippen LogP contribution is -2.07. The molecule has 0 radical (unpaired) electrons. The molecule has 1 atom stereocenters. The molecule has 1 aromatic rings. The smallest absolute Gasteiger partial charge is 0.213 e. The van der Waals surface area contributed by atoms with Crippen LogP contribution in [0, 0.1) is 6.92 Å². The van der Waals surface area contributed by atoms with Gasteiger partial charge in [-0.3, -0.25) is 0 Å². The standard InChI is InChI=1S/C10H14N2O/c1-6-4-9(13-3)12-10-7(2)11-5-8(6)10/h4,7,11H,5H2,1-3H3. The third kappa shape index (κ3) is 1.29. The van der Waals surface area contributed by atoms with Crippen LogP contribution in [0.25, 0.3) is 0 Å². The second-order valence-corrected chi connectivity index (χ2v) is 3.45. The SMILES string of the molecule is COc1cc(C)c2c(n1)C(C)NC2. The number of hydrogen-bond acceptors (Lipinski definition) is 3. The zero-order valence-corrected chi connectivity index (χ0v) is 8.22. The molecule has 1 aromatic heterocycles. The van der Waals surface area contributed by atoms with E-state index in [0.717, 1.165) is 12.2 Å². The largest absolute Gasteiger partial charge is 0.481 e. The Morgan fingerprint density at radius 1 is 1.62 bits per heavy atom. The summed E-state index contributed by atoms with van der Waals surface area (Å²) in [6.45, 7) is 5.15. The van der Waals surface area contributed by atoms with E-state index in [1.54, 1.807) is 7.11 Å². The van der Waals surface area contributed by atoms with E-state index >= 15 is 0 Å². The van der Waals surface area contributed by atoms with Crippen molar-refractivity contribution in [3.8, 4) is 5.88 Å². The van der Waals surface area contributed by atoms with Crippen LogP contribution in [0.5, 0.6) is 5.88 Å². The normalized spacial score (nSPS) is 20.1. The summed E-state index contributed by atoms with van der Waals surface area (Å²) < 4.78 is 5.13. The molecule has 0 amide bonds. The van der Waals surface area contributed by atoms with Crippen LogP contribution in [0.15, 0.2) is 6.07 Å². The molecule has 0 aromatic carbocycles. The van der Waals surface area contributed by atoms with Gasteiger partial charge in [-0.1, -0.05) is 0 Å². The van der Waals surface area contributed by atoms with Crippen LogP contribution in [-0.4, -0.2) is 12.1 Å². The molecule has 3 nitrogen and oxygen atoms in total. The molecule has 2 rings (SSSR count). The fourth-order valence-corrected chi connectivity index (χ4v) is 1.74. The molecule has 3 heteroatoms. The molecule has 1 aliphatic rings. The Morgan fingerprint density at radius 2 is 2.38 bits per heavy atom. The summed E-state index contributed by atoms with van der Waals surface area (Å²) >= 11 is 0. The second-order valence-electron chi connectivity index (χ2n) is 3.45. The molecule has 0 spiro atoms. The molecule has 0 saturated heterocycles. The van der Waals surface area contributed by atoms with Crippen LogP contribution in [0.1, 0.15) is 29.8 Å². The first-order valence-corrected chi connectivity index (χ1v) is 4.50. The van der Waals surface area contributed by atoms with E-state index in [-0.39, 0.29) is 0 Å². The van der Waals surface area contributed by atoms with Crippen LogP contribution >= 0.6 is 0 Å². The van der Waals surface area contributed by atoms with E-state index in [4.69, 9.17) is 4.74 Å². The number of ether oxygens (including phenoxy) is 1. The van der Waals surface area contributed by atoms with Gasteiger partial charge in [-0.15, -0.1) is 0 Å². The van der Waals surface area contributed by atoms with Gasteiger partial charge in [-0.2, -0.15) is 0 Å². The fraction of sp³-hybridized carbons (Fsp3) is 0.500. The van der Waals surface area contributed by atoms with E-state index in [0.29, 0.717) is 11.9 Å². The Morgan fingerprint density at radius 3 is 3.08 bits per heavy atom. The first kappa shape index (κ1) is 8.51. The highest BCUT2D eigenvalue weighted by atomic mass is 16.5. The van der Waals surface area contributed by atoms with Crippen molar-refractivity contribution in [2.24, 2.45) is 0 Å². The number of hydrogen-bond donors (Lipinski definition) is 1. The molecule has 13 heavy (non-hydrogen) atoms. The lowest BCUT2D eigenvalue weighted by atomic mass is 10.1. The third-order valence-corrected chi connectivity index (χ3v) is 2.56. The van der Waals surface area contributed by atoms with E-state index < -0.39 is 0 Å². The summed E-state index contributed by atoms with van der Waals surface area (Å²) in [7, 11) is 1.65. The van der Waals surface area contributed by atoms with Crippen molar-refractivity contribution < 1.29 is 4.74 Å². The summed E-state index contributed by atoms with van der Waals surface area (Å²) in [6.07, 6.45) is 0. The van der Waals surface area contributed by atoms with Gasteiger partial charge in [-0.25, -0.2) is 4.98 Å². The number of aromatic nitrogens is 1. The number of methoxy groups -OCH3 is 1. The van der Waals surface area contributed by atoms with Crippen molar-refractivity contribution in [1.29, 1.82) is 0 Å². The minimum atomic E-state index is 0.351. The molecule has 0 bridgehead atoms. The Balaban J connectivity index is 2.53. The Labute approximate surface area is 78.1 Å². The molecule has 1 aliphatic heterocycles. The Bertz CT molecular complexity index is 336. The van der Waals surface area contributed by atoms with Gasteiger partial charge in [0.25, 0.3) is 0 Å². The average molecular weight is 178 g/mol. The minimum absolute atomic E-state index is 0.351.